The van der Waals surface area contributed by atoms with Crippen molar-refractivity contribution in [1.82, 2.24) is 14.5 Å². The fourth-order valence-corrected chi connectivity index (χ4v) is 6.49. The van der Waals surface area contributed by atoms with E-state index in [1.807, 2.05) is 29.3 Å². The van der Waals surface area contributed by atoms with Crippen LogP contribution in [0.15, 0.2) is 60.8 Å². The number of para-hydroxylation sites is 1. The molecule has 44 heavy (non-hydrogen) atoms. The van der Waals surface area contributed by atoms with Crippen molar-refractivity contribution in [2.75, 3.05) is 38.7 Å². The van der Waals surface area contributed by atoms with Crippen molar-refractivity contribution in [2.24, 2.45) is 0 Å². The van der Waals surface area contributed by atoms with Crippen LogP contribution in [-0.4, -0.2) is 64.9 Å². The first kappa shape index (κ1) is 31.7. The van der Waals surface area contributed by atoms with Gasteiger partial charge in [0, 0.05) is 75.1 Å². The number of fused-ring (bicyclic) bond motifs is 1. The molecule has 4 aromatic rings. The highest BCUT2D eigenvalue weighted by Crippen LogP contribution is 2.37. The van der Waals surface area contributed by atoms with Crippen molar-refractivity contribution in [3.63, 3.8) is 0 Å². The van der Waals surface area contributed by atoms with E-state index in [1.54, 1.807) is 20.1 Å². The molecule has 2 aromatic heterocycles. The highest BCUT2D eigenvalue weighted by Gasteiger charge is 2.29. The number of aliphatic hydroxyl groups excluding tert-OH is 1. The van der Waals surface area contributed by atoms with E-state index in [2.05, 4.69) is 46.1 Å². The zero-order chi connectivity index (χ0) is 31.1. The lowest BCUT2D eigenvalue weighted by Gasteiger charge is -2.34. The molecular weight excluding hydrogens is 555 g/mol. The summed E-state index contributed by atoms with van der Waals surface area (Å²) in [5.74, 6) is 0.936. The summed E-state index contributed by atoms with van der Waals surface area (Å²) in [7, 11) is 1.69. The number of piperidine rings is 1. The number of hydrogen-bond donors (Lipinski definition) is 2. The Balaban J connectivity index is 1.18. The topological polar surface area (TPSA) is 79.6 Å². The Morgan fingerprint density at radius 1 is 1.14 bits per heavy atom. The summed E-state index contributed by atoms with van der Waals surface area (Å²) >= 11 is 0. The fourth-order valence-electron chi connectivity index (χ4n) is 6.49. The molecule has 1 saturated heterocycles. The Morgan fingerprint density at radius 2 is 1.93 bits per heavy atom. The number of aryl methyl sites for hydroxylation is 3. The van der Waals surface area contributed by atoms with Crippen LogP contribution in [0.5, 0.6) is 0 Å². The SMILES string of the molecule is COCCCn1c(C2CCCN(C(=O)CCCc3ccc(-c4ccc(NCC(C)O)nc4)cc3)C2)c(C)c2cccc(F)c21. The second kappa shape index (κ2) is 14.8. The van der Waals surface area contributed by atoms with Crippen molar-refractivity contribution < 1.29 is 19.0 Å². The number of amides is 1. The lowest BCUT2D eigenvalue weighted by molar-refractivity contribution is -0.132. The number of aromatic nitrogens is 2. The highest BCUT2D eigenvalue weighted by molar-refractivity contribution is 5.86. The molecule has 3 heterocycles. The smallest absolute Gasteiger partial charge is 0.222 e. The zero-order valence-corrected chi connectivity index (χ0v) is 26.2. The number of nitrogens with zero attached hydrogens (tertiary/aromatic N) is 3. The number of carbonyl (C=O) groups is 1. The number of carbonyl (C=O) groups excluding carboxylic acids is 1. The predicted molar refractivity (Wildman–Crippen MR) is 174 cm³/mol. The van der Waals surface area contributed by atoms with E-state index in [9.17, 15) is 9.90 Å². The van der Waals surface area contributed by atoms with Gasteiger partial charge in [0.2, 0.25) is 5.91 Å². The predicted octanol–water partition coefficient (Wildman–Crippen LogP) is 6.71. The maximum atomic E-state index is 15.0. The Bertz CT molecular complexity index is 1530. The third-order valence-electron chi connectivity index (χ3n) is 8.71. The van der Waals surface area contributed by atoms with Gasteiger partial charge in [-0.25, -0.2) is 9.37 Å². The molecule has 0 spiro atoms. The number of methoxy groups -OCH3 is 1. The molecule has 234 valence electrons. The Labute approximate surface area is 260 Å². The van der Waals surface area contributed by atoms with E-state index in [0.717, 1.165) is 66.5 Å². The summed E-state index contributed by atoms with van der Waals surface area (Å²) in [6.07, 6.45) is 6.32. The van der Waals surface area contributed by atoms with Crippen molar-refractivity contribution in [3.05, 3.63) is 83.4 Å². The van der Waals surface area contributed by atoms with Crippen LogP contribution in [0.4, 0.5) is 10.2 Å². The molecule has 2 aromatic carbocycles. The van der Waals surface area contributed by atoms with Crippen molar-refractivity contribution in [2.45, 2.75) is 70.9 Å². The number of nitrogens with one attached hydrogen (secondary N) is 1. The Hall–Kier alpha value is -3.75. The summed E-state index contributed by atoms with van der Waals surface area (Å²) in [5, 5.41) is 13.5. The molecule has 0 radical (unpaired) electrons. The van der Waals surface area contributed by atoms with Gasteiger partial charge in [0.1, 0.15) is 11.6 Å². The van der Waals surface area contributed by atoms with E-state index in [-0.39, 0.29) is 17.6 Å². The van der Waals surface area contributed by atoms with Crippen LogP contribution < -0.4 is 5.32 Å². The number of aliphatic hydroxyl groups is 1. The second-order valence-corrected chi connectivity index (χ2v) is 12.0. The van der Waals surface area contributed by atoms with Gasteiger partial charge < -0.3 is 24.6 Å². The minimum atomic E-state index is -0.428. The minimum absolute atomic E-state index is 0.187. The van der Waals surface area contributed by atoms with E-state index in [0.29, 0.717) is 38.2 Å². The van der Waals surface area contributed by atoms with Gasteiger partial charge in [-0.2, -0.15) is 0 Å². The molecule has 8 heteroatoms. The van der Waals surface area contributed by atoms with Crippen LogP contribution in [0.25, 0.3) is 22.0 Å². The molecule has 0 bridgehead atoms. The van der Waals surface area contributed by atoms with Crippen LogP contribution >= 0.6 is 0 Å². The maximum absolute atomic E-state index is 15.0. The first-order valence-corrected chi connectivity index (χ1v) is 15.9. The quantitative estimate of drug-likeness (QED) is 0.167. The molecule has 0 saturated carbocycles. The average Bonchev–Trinajstić information content (AvgIpc) is 3.33. The number of pyridine rings is 1. The molecule has 1 amide bonds. The van der Waals surface area contributed by atoms with E-state index < -0.39 is 6.10 Å². The van der Waals surface area contributed by atoms with Gasteiger partial charge in [0.05, 0.1) is 11.6 Å². The fraction of sp³-hybridized carbons (Fsp3) is 0.444. The number of benzene rings is 2. The van der Waals surface area contributed by atoms with E-state index in [1.165, 1.54) is 17.3 Å². The standard InChI is InChI=1S/C36H45FN4O3/c1-25(42)22-38-33-18-17-29(23-39-33)28-15-13-27(14-16-28)8-4-12-34(43)40-19-6-9-30(24-40)35-26(2)31-10-5-11-32(37)36(31)41(35)20-7-21-44-3/h5,10-11,13-18,23,25,30,42H,4,6-9,12,19-22,24H2,1-3H3,(H,38,39). The average molecular weight is 601 g/mol. The van der Waals surface area contributed by atoms with Gasteiger partial charge in [0.15, 0.2) is 0 Å². The third kappa shape index (κ3) is 7.48. The minimum Gasteiger partial charge on any atom is -0.392 e. The van der Waals surface area contributed by atoms with E-state index in [4.69, 9.17) is 4.74 Å². The van der Waals surface area contributed by atoms with Crippen LogP contribution in [0.1, 0.15) is 61.8 Å². The Morgan fingerprint density at radius 3 is 2.66 bits per heavy atom. The first-order valence-electron chi connectivity index (χ1n) is 15.9. The van der Waals surface area contributed by atoms with Gasteiger partial charge in [0.25, 0.3) is 0 Å². The highest BCUT2D eigenvalue weighted by atomic mass is 19.1. The van der Waals surface area contributed by atoms with Crippen molar-refractivity contribution in [3.8, 4) is 11.1 Å². The molecule has 0 aliphatic carbocycles. The molecule has 2 atom stereocenters. The number of halogens is 1. The Kier molecular flexibility index (Phi) is 10.7. The van der Waals surface area contributed by atoms with Crippen molar-refractivity contribution >= 4 is 22.6 Å². The molecular formula is C36H45FN4O3. The van der Waals surface area contributed by atoms with Crippen LogP contribution in [0, 0.1) is 12.7 Å². The first-order chi connectivity index (χ1) is 21.4. The summed E-state index contributed by atoms with van der Waals surface area (Å²) in [6.45, 7) is 7.07. The second-order valence-electron chi connectivity index (χ2n) is 12.0. The number of ether oxygens (including phenoxy) is 1. The normalized spacial score (nSPS) is 15.9. The van der Waals surface area contributed by atoms with Gasteiger partial charge in [-0.05, 0) is 80.8 Å². The summed E-state index contributed by atoms with van der Waals surface area (Å²) < 4.78 is 22.5. The molecule has 1 fully saturated rings. The third-order valence-corrected chi connectivity index (χ3v) is 8.71. The number of anilines is 1. The largest absolute Gasteiger partial charge is 0.392 e. The number of rotatable bonds is 13. The lowest BCUT2D eigenvalue weighted by Crippen LogP contribution is -2.39. The molecule has 7 nitrogen and oxygen atoms in total. The number of likely N-dealkylation sites (tertiary alicyclic amines) is 1. The monoisotopic (exact) mass is 600 g/mol. The van der Waals surface area contributed by atoms with Gasteiger partial charge in [-0.15, -0.1) is 0 Å². The van der Waals surface area contributed by atoms with Gasteiger partial charge >= 0.3 is 0 Å². The van der Waals surface area contributed by atoms with Gasteiger partial charge in [-0.1, -0.05) is 36.4 Å². The molecule has 2 N–H and O–H groups in total. The number of hydrogen-bond acceptors (Lipinski definition) is 5. The van der Waals surface area contributed by atoms with Gasteiger partial charge in [-0.3, -0.25) is 4.79 Å². The van der Waals surface area contributed by atoms with Crippen LogP contribution in [0.3, 0.4) is 0 Å². The van der Waals surface area contributed by atoms with Crippen LogP contribution in [0.2, 0.25) is 0 Å². The molecule has 1 aliphatic heterocycles. The lowest BCUT2D eigenvalue weighted by atomic mass is 9.91. The summed E-state index contributed by atoms with van der Waals surface area (Å²) in [6, 6.07) is 17.7. The molecule has 2 unspecified atom stereocenters. The maximum Gasteiger partial charge on any atom is 0.222 e. The zero-order valence-electron chi connectivity index (χ0n) is 26.2. The summed E-state index contributed by atoms with van der Waals surface area (Å²) in [4.78, 5) is 19.8. The van der Waals surface area contributed by atoms with Crippen molar-refractivity contribution in [1.29, 1.82) is 0 Å². The molecule has 1 aliphatic rings. The van der Waals surface area contributed by atoms with E-state index >= 15 is 4.39 Å². The molecule has 5 rings (SSSR count). The summed E-state index contributed by atoms with van der Waals surface area (Å²) in [5.41, 5.74) is 6.29. The van der Waals surface area contributed by atoms with Crippen LogP contribution in [-0.2, 0) is 22.5 Å².